The number of carbonyl (C=O) groups is 1. The molecule has 1 atom stereocenters. The molecule has 7 heteroatoms. The molecule has 0 spiro atoms. The molecule has 2 aliphatic rings. The van der Waals surface area contributed by atoms with Crippen LogP contribution in [0.3, 0.4) is 0 Å². The maximum atomic E-state index is 12.6. The SMILES string of the molecule is CCCCN1C(=O)N2Cc3cc(OC)ccc3C2CS1(=O)=O. The van der Waals surface area contributed by atoms with Gasteiger partial charge in [0, 0.05) is 13.1 Å². The van der Waals surface area contributed by atoms with E-state index < -0.39 is 16.1 Å². The highest BCUT2D eigenvalue weighted by Gasteiger charge is 2.46. The number of hydrogen-bond donors (Lipinski definition) is 0. The van der Waals surface area contributed by atoms with Gasteiger partial charge in [-0.15, -0.1) is 0 Å². The first-order valence-corrected chi connectivity index (χ1v) is 9.06. The van der Waals surface area contributed by atoms with Crippen molar-refractivity contribution in [1.82, 2.24) is 9.21 Å². The maximum absolute atomic E-state index is 12.6. The van der Waals surface area contributed by atoms with Crippen LogP contribution in [0.5, 0.6) is 5.75 Å². The van der Waals surface area contributed by atoms with E-state index in [-0.39, 0.29) is 18.3 Å². The first-order chi connectivity index (χ1) is 10.5. The molecule has 1 aromatic rings. The summed E-state index contributed by atoms with van der Waals surface area (Å²) < 4.78 is 31.1. The second-order valence-corrected chi connectivity index (χ2v) is 7.63. The molecule has 0 aromatic heterocycles. The normalized spacial score (nSPS) is 22.5. The van der Waals surface area contributed by atoms with Gasteiger partial charge in [0.2, 0.25) is 10.0 Å². The number of sulfonamides is 1. The Morgan fingerprint density at radius 3 is 2.82 bits per heavy atom. The first kappa shape index (κ1) is 15.1. The number of unbranched alkanes of at least 4 members (excludes halogenated alkanes) is 1. The molecule has 22 heavy (non-hydrogen) atoms. The fraction of sp³-hybridized carbons (Fsp3) is 0.533. The van der Waals surface area contributed by atoms with Gasteiger partial charge in [0.25, 0.3) is 0 Å². The standard InChI is InChI=1S/C15H20N2O4S/c1-3-4-7-17-15(18)16-9-11-8-12(21-2)5-6-13(11)14(16)10-22(17,19)20/h5-6,8,14H,3-4,7,9-10H2,1-2H3. The van der Waals surface area contributed by atoms with Crippen molar-refractivity contribution in [2.45, 2.75) is 32.4 Å². The summed E-state index contributed by atoms with van der Waals surface area (Å²) in [6, 6.07) is 4.77. The fourth-order valence-electron chi connectivity index (χ4n) is 3.10. The Balaban J connectivity index is 1.94. The number of ether oxygens (including phenoxy) is 1. The number of urea groups is 1. The minimum atomic E-state index is -3.55. The lowest BCUT2D eigenvalue weighted by molar-refractivity contribution is 0.156. The number of nitrogens with zero attached hydrogens (tertiary/aromatic N) is 2. The minimum Gasteiger partial charge on any atom is -0.497 e. The molecule has 2 aliphatic heterocycles. The Kier molecular flexibility index (Phi) is 3.76. The summed E-state index contributed by atoms with van der Waals surface area (Å²) in [6.07, 6.45) is 1.53. The van der Waals surface area contributed by atoms with Crippen LogP contribution in [-0.4, -0.2) is 43.1 Å². The van der Waals surface area contributed by atoms with Crippen molar-refractivity contribution in [3.05, 3.63) is 29.3 Å². The summed E-state index contributed by atoms with van der Waals surface area (Å²) in [5, 5.41) is 0. The van der Waals surface area contributed by atoms with Gasteiger partial charge < -0.3 is 9.64 Å². The lowest BCUT2D eigenvalue weighted by Crippen LogP contribution is -2.53. The van der Waals surface area contributed by atoms with E-state index in [4.69, 9.17) is 4.74 Å². The van der Waals surface area contributed by atoms with Crippen LogP contribution in [-0.2, 0) is 16.6 Å². The topological polar surface area (TPSA) is 66.9 Å². The predicted octanol–water partition coefficient (Wildman–Crippen LogP) is 2.12. The quantitative estimate of drug-likeness (QED) is 0.851. The average Bonchev–Trinajstić information content (AvgIpc) is 2.84. The van der Waals surface area contributed by atoms with E-state index in [1.165, 1.54) is 0 Å². The number of methoxy groups -OCH3 is 1. The van der Waals surface area contributed by atoms with Crippen LogP contribution in [0.2, 0.25) is 0 Å². The Morgan fingerprint density at radius 1 is 1.36 bits per heavy atom. The van der Waals surface area contributed by atoms with Gasteiger partial charge in [-0.3, -0.25) is 0 Å². The monoisotopic (exact) mass is 324 g/mol. The van der Waals surface area contributed by atoms with Crippen molar-refractivity contribution in [3.8, 4) is 5.75 Å². The molecule has 120 valence electrons. The molecule has 0 radical (unpaired) electrons. The molecule has 0 aliphatic carbocycles. The van der Waals surface area contributed by atoms with Crippen LogP contribution in [0.4, 0.5) is 4.79 Å². The Labute approximate surface area is 130 Å². The number of hydrogen-bond acceptors (Lipinski definition) is 4. The smallest absolute Gasteiger partial charge is 0.334 e. The molecule has 6 nitrogen and oxygen atoms in total. The van der Waals surface area contributed by atoms with Crippen molar-refractivity contribution in [2.24, 2.45) is 0 Å². The van der Waals surface area contributed by atoms with E-state index in [0.717, 1.165) is 27.6 Å². The summed E-state index contributed by atoms with van der Waals surface area (Å²) in [6.45, 7) is 2.68. The lowest BCUT2D eigenvalue weighted by atomic mass is 10.1. The van der Waals surface area contributed by atoms with Crippen LogP contribution in [0.1, 0.15) is 36.9 Å². The highest BCUT2D eigenvalue weighted by Crippen LogP contribution is 2.40. The van der Waals surface area contributed by atoms with Crippen molar-refractivity contribution in [3.63, 3.8) is 0 Å². The van der Waals surface area contributed by atoms with Gasteiger partial charge >= 0.3 is 6.03 Å². The molecular formula is C15H20N2O4S. The average molecular weight is 324 g/mol. The van der Waals surface area contributed by atoms with Gasteiger partial charge in [-0.05, 0) is 29.7 Å². The first-order valence-electron chi connectivity index (χ1n) is 7.45. The lowest BCUT2D eigenvalue weighted by Gasteiger charge is -2.37. The summed E-state index contributed by atoms with van der Waals surface area (Å²) in [5.74, 6) is 0.679. The van der Waals surface area contributed by atoms with Crippen LogP contribution in [0.15, 0.2) is 18.2 Å². The minimum absolute atomic E-state index is 0.0399. The summed E-state index contributed by atoms with van der Waals surface area (Å²) in [4.78, 5) is 14.2. The summed E-state index contributed by atoms with van der Waals surface area (Å²) in [7, 11) is -1.96. The van der Waals surface area contributed by atoms with Crippen LogP contribution >= 0.6 is 0 Å². The highest BCUT2D eigenvalue weighted by atomic mass is 32.2. The van der Waals surface area contributed by atoms with Crippen molar-refractivity contribution < 1.29 is 17.9 Å². The third kappa shape index (κ3) is 2.33. The largest absolute Gasteiger partial charge is 0.497 e. The third-order valence-electron chi connectivity index (χ3n) is 4.30. The highest BCUT2D eigenvalue weighted by molar-refractivity contribution is 7.89. The van der Waals surface area contributed by atoms with Crippen molar-refractivity contribution in [1.29, 1.82) is 0 Å². The molecule has 1 unspecified atom stereocenters. The van der Waals surface area contributed by atoms with E-state index in [0.29, 0.717) is 13.0 Å². The Bertz CT molecular complexity index is 701. The molecule has 2 amide bonds. The van der Waals surface area contributed by atoms with Crippen LogP contribution < -0.4 is 4.74 Å². The molecule has 1 saturated heterocycles. The maximum Gasteiger partial charge on any atom is 0.334 e. The predicted molar refractivity (Wildman–Crippen MR) is 82.1 cm³/mol. The zero-order chi connectivity index (χ0) is 15.9. The molecule has 0 bridgehead atoms. The number of carbonyl (C=O) groups excluding carboxylic acids is 1. The van der Waals surface area contributed by atoms with Crippen molar-refractivity contribution in [2.75, 3.05) is 19.4 Å². The van der Waals surface area contributed by atoms with E-state index in [1.807, 2.05) is 25.1 Å². The zero-order valence-corrected chi connectivity index (χ0v) is 13.6. The number of benzene rings is 1. The number of rotatable bonds is 4. The molecule has 0 N–H and O–H groups in total. The summed E-state index contributed by atoms with van der Waals surface area (Å²) >= 11 is 0. The molecule has 0 saturated carbocycles. The van der Waals surface area contributed by atoms with Crippen LogP contribution in [0, 0.1) is 0 Å². The summed E-state index contributed by atoms with van der Waals surface area (Å²) in [5.41, 5.74) is 1.87. The van der Waals surface area contributed by atoms with Crippen molar-refractivity contribution >= 4 is 16.1 Å². The Morgan fingerprint density at radius 2 is 2.14 bits per heavy atom. The van der Waals surface area contributed by atoms with E-state index in [2.05, 4.69) is 0 Å². The van der Waals surface area contributed by atoms with Crippen LogP contribution in [0.25, 0.3) is 0 Å². The van der Waals surface area contributed by atoms with Gasteiger partial charge in [0.1, 0.15) is 5.75 Å². The van der Waals surface area contributed by atoms with Gasteiger partial charge in [-0.1, -0.05) is 19.4 Å². The Hall–Kier alpha value is -1.76. The zero-order valence-electron chi connectivity index (χ0n) is 12.8. The molecule has 3 rings (SSSR count). The molecule has 1 aromatic carbocycles. The molecular weight excluding hydrogens is 304 g/mol. The van der Waals surface area contributed by atoms with Gasteiger partial charge in [0.15, 0.2) is 0 Å². The third-order valence-corrected chi connectivity index (χ3v) is 6.05. The molecule has 2 heterocycles. The van der Waals surface area contributed by atoms with Gasteiger partial charge in [-0.25, -0.2) is 17.5 Å². The fourth-order valence-corrected chi connectivity index (χ4v) is 4.79. The van der Waals surface area contributed by atoms with E-state index >= 15 is 0 Å². The number of fused-ring (bicyclic) bond motifs is 3. The van der Waals surface area contributed by atoms with Gasteiger partial charge in [-0.2, -0.15) is 0 Å². The van der Waals surface area contributed by atoms with E-state index in [9.17, 15) is 13.2 Å². The second-order valence-electron chi connectivity index (χ2n) is 5.70. The molecule has 1 fully saturated rings. The second kappa shape index (κ2) is 5.46. The van der Waals surface area contributed by atoms with E-state index in [1.54, 1.807) is 12.0 Å². The number of amides is 2. The van der Waals surface area contributed by atoms with Gasteiger partial charge in [0.05, 0.1) is 18.9 Å².